The van der Waals surface area contributed by atoms with Crippen molar-refractivity contribution >= 4 is 17.9 Å². The monoisotopic (exact) mass is 234 g/mol. The Labute approximate surface area is 102 Å². The van der Waals surface area contributed by atoms with Gasteiger partial charge < -0.3 is 10.2 Å². The smallest absolute Gasteiger partial charge is 0.239 e. The number of amides is 1. The minimum absolute atomic E-state index is 0.0563. The van der Waals surface area contributed by atoms with Gasteiger partial charge in [0, 0.05) is 24.8 Å². The van der Waals surface area contributed by atoms with Gasteiger partial charge in [-0.15, -0.1) is 0 Å². The zero-order chi connectivity index (χ0) is 12.7. The summed E-state index contributed by atoms with van der Waals surface area (Å²) in [7, 11) is 1.61. The standard InChI is InChI=1S/C13H18N2O2/c1-3-8-15(9-13(17)14-2)12-7-5-4-6-11(12)10-16/h4-7,10H,3,8-9H2,1-2H3,(H,14,17). The number of likely N-dealkylation sites (N-methyl/N-ethyl adjacent to an activating group) is 1. The maximum absolute atomic E-state index is 11.4. The van der Waals surface area contributed by atoms with Gasteiger partial charge in [0.1, 0.15) is 0 Å². The third-order valence-electron chi connectivity index (χ3n) is 2.51. The van der Waals surface area contributed by atoms with Crippen molar-refractivity contribution in [1.29, 1.82) is 0 Å². The summed E-state index contributed by atoms with van der Waals surface area (Å²) in [4.78, 5) is 24.3. The maximum Gasteiger partial charge on any atom is 0.239 e. The molecule has 92 valence electrons. The van der Waals surface area contributed by atoms with Crippen LogP contribution in [0.3, 0.4) is 0 Å². The van der Waals surface area contributed by atoms with Gasteiger partial charge >= 0.3 is 0 Å². The molecule has 1 aromatic carbocycles. The Morgan fingerprint density at radius 3 is 2.71 bits per heavy atom. The molecule has 0 aliphatic heterocycles. The van der Waals surface area contributed by atoms with Crippen LogP contribution in [0.4, 0.5) is 5.69 Å². The van der Waals surface area contributed by atoms with Gasteiger partial charge in [-0.05, 0) is 18.6 Å². The molecule has 0 aliphatic carbocycles. The van der Waals surface area contributed by atoms with Crippen LogP contribution < -0.4 is 10.2 Å². The van der Waals surface area contributed by atoms with Gasteiger partial charge in [0.2, 0.25) is 5.91 Å². The summed E-state index contributed by atoms with van der Waals surface area (Å²) in [5.74, 6) is -0.0563. The summed E-state index contributed by atoms with van der Waals surface area (Å²) in [6.45, 7) is 3.06. The van der Waals surface area contributed by atoms with E-state index >= 15 is 0 Å². The van der Waals surface area contributed by atoms with E-state index in [1.165, 1.54) is 0 Å². The molecule has 1 amide bonds. The van der Waals surface area contributed by atoms with Crippen molar-refractivity contribution in [1.82, 2.24) is 5.32 Å². The van der Waals surface area contributed by atoms with Gasteiger partial charge in [-0.25, -0.2) is 0 Å². The second-order valence-corrected chi connectivity index (χ2v) is 3.77. The molecule has 1 N–H and O–H groups in total. The average molecular weight is 234 g/mol. The molecule has 4 nitrogen and oxygen atoms in total. The van der Waals surface area contributed by atoms with E-state index in [1.807, 2.05) is 30.0 Å². The van der Waals surface area contributed by atoms with Crippen LogP contribution in [0.15, 0.2) is 24.3 Å². The molecular formula is C13H18N2O2. The van der Waals surface area contributed by atoms with E-state index in [-0.39, 0.29) is 12.5 Å². The van der Waals surface area contributed by atoms with Crippen LogP contribution in [-0.2, 0) is 4.79 Å². The molecule has 0 saturated carbocycles. The maximum atomic E-state index is 11.4. The predicted octanol–water partition coefficient (Wildman–Crippen LogP) is 1.46. The second kappa shape index (κ2) is 6.68. The number of anilines is 1. The van der Waals surface area contributed by atoms with Crippen molar-refractivity contribution in [3.05, 3.63) is 29.8 Å². The quantitative estimate of drug-likeness (QED) is 0.758. The molecule has 1 aromatic rings. The van der Waals surface area contributed by atoms with Crippen LogP contribution in [0.1, 0.15) is 23.7 Å². The molecule has 0 bridgehead atoms. The summed E-state index contributed by atoms with van der Waals surface area (Å²) >= 11 is 0. The Balaban J connectivity index is 2.95. The van der Waals surface area contributed by atoms with Crippen molar-refractivity contribution < 1.29 is 9.59 Å². The van der Waals surface area contributed by atoms with E-state index in [0.29, 0.717) is 5.56 Å². The SMILES string of the molecule is CCCN(CC(=O)NC)c1ccccc1C=O. The number of carbonyl (C=O) groups is 2. The van der Waals surface area contributed by atoms with E-state index in [2.05, 4.69) is 5.32 Å². The van der Waals surface area contributed by atoms with Gasteiger partial charge in [0.15, 0.2) is 6.29 Å². The molecule has 0 unspecified atom stereocenters. The lowest BCUT2D eigenvalue weighted by Crippen LogP contribution is -2.36. The highest BCUT2D eigenvalue weighted by atomic mass is 16.2. The van der Waals surface area contributed by atoms with E-state index in [0.717, 1.165) is 24.9 Å². The number of benzene rings is 1. The summed E-state index contributed by atoms with van der Waals surface area (Å²) in [5, 5.41) is 2.59. The number of nitrogens with one attached hydrogen (secondary N) is 1. The highest BCUT2D eigenvalue weighted by Crippen LogP contribution is 2.18. The first kappa shape index (κ1) is 13.2. The van der Waals surface area contributed by atoms with E-state index in [9.17, 15) is 9.59 Å². The van der Waals surface area contributed by atoms with Crippen molar-refractivity contribution in [3.8, 4) is 0 Å². The Bertz CT molecular complexity index is 391. The Hall–Kier alpha value is -1.84. The van der Waals surface area contributed by atoms with E-state index in [4.69, 9.17) is 0 Å². The lowest BCUT2D eigenvalue weighted by atomic mass is 10.1. The number of nitrogens with zero attached hydrogens (tertiary/aromatic N) is 1. The average Bonchev–Trinajstić information content (AvgIpc) is 2.38. The molecule has 0 radical (unpaired) electrons. The van der Waals surface area contributed by atoms with Crippen LogP contribution in [0.25, 0.3) is 0 Å². The van der Waals surface area contributed by atoms with Crippen molar-refractivity contribution in [2.24, 2.45) is 0 Å². The fourth-order valence-corrected chi connectivity index (χ4v) is 1.68. The van der Waals surface area contributed by atoms with E-state index < -0.39 is 0 Å². The molecule has 17 heavy (non-hydrogen) atoms. The number of carbonyl (C=O) groups excluding carboxylic acids is 2. The van der Waals surface area contributed by atoms with Crippen LogP contribution >= 0.6 is 0 Å². The van der Waals surface area contributed by atoms with Crippen molar-refractivity contribution in [3.63, 3.8) is 0 Å². The Kier molecular flexibility index (Phi) is 5.20. The number of aldehydes is 1. The Morgan fingerprint density at radius 2 is 2.12 bits per heavy atom. The number of hydrogen-bond acceptors (Lipinski definition) is 3. The van der Waals surface area contributed by atoms with Crippen molar-refractivity contribution in [2.45, 2.75) is 13.3 Å². The number of para-hydroxylation sites is 1. The highest BCUT2D eigenvalue weighted by molar-refractivity contribution is 5.87. The molecule has 1 rings (SSSR count). The topological polar surface area (TPSA) is 49.4 Å². The minimum atomic E-state index is -0.0563. The molecule has 4 heteroatoms. The fourth-order valence-electron chi connectivity index (χ4n) is 1.68. The summed E-state index contributed by atoms with van der Waals surface area (Å²) in [6.07, 6.45) is 1.74. The summed E-state index contributed by atoms with van der Waals surface area (Å²) in [5.41, 5.74) is 1.43. The van der Waals surface area contributed by atoms with E-state index in [1.54, 1.807) is 13.1 Å². The molecule has 0 aliphatic rings. The molecule has 0 aromatic heterocycles. The summed E-state index contributed by atoms with van der Waals surface area (Å²) < 4.78 is 0. The zero-order valence-corrected chi connectivity index (χ0v) is 10.3. The molecule has 0 fully saturated rings. The van der Waals surface area contributed by atoms with Crippen LogP contribution in [0.5, 0.6) is 0 Å². The van der Waals surface area contributed by atoms with Crippen LogP contribution in [0, 0.1) is 0 Å². The van der Waals surface area contributed by atoms with Gasteiger partial charge in [-0.3, -0.25) is 9.59 Å². The third kappa shape index (κ3) is 3.59. The van der Waals surface area contributed by atoms with Crippen LogP contribution in [0.2, 0.25) is 0 Å². The molecule has 0 spiro atoms. The second-order valence-electron chi connectivity index (χ2n) is 3.77. The predicted molar refractivity (Wildman–Crippen MR) is 68.4 cm³/mol. The zero-order valence-electron chi connectivity index (χ0n) is 10.3. The minimum Gasteiger partial charge on any atom is -0.362 e. The molecular weight excluding hydrogens is 216 g/mol. The van der Waals surface area contributed by atoms with Crippen molar-refractivity contribution in [2.75, 3.05) is 25.0 Å². The van der Waals surface area contributed by atoms with Gasteiger partial charge in [-0.1, -0.05) is 19.1 Å². The van der Waals surface area contributed by atoms with Gasteiger partial charge in [-0.2, -0.15) is 0 Å². The van der Waals surface area contributed by atoms with Gasteiger partial charge in [0.25, 0.3) is 0 Å². The highest BCUT2D eigenvalue weighted by Gasteiger charge is 2.12. The summed E-state index contributed by atoms with van der Waals surface area (Å²) in [6, 6.07) is 7.31. The van der Waals surface area contributed by atoms with Crippen LogP contribution in [-0.4, -0.2) is 32.3 Å². The lowest BCUT2D eigenvalue weighted by Gasteiger charge is -2.24. The Morgan fingerprint density at radius 1 is 1.41 bits per heavy atom. The molecule has 0 heterocycles. The molecule has 0 atom stereocenters. The van der Waals surface area contributed by atoms with Gasteiger partial charge in [0.05, 0.1) is 6.54 Å². The number of rotatable bonds is 6. The fraction of sp³-hybridized carbons (Fsp3) is 0.385. The third-order valence-corrected chi connectivity index (χ3v) is 2.51. The largest absolute Gasteiger partial charge is 0.362 e. The first-order chi connectivity index (χ1) is 8.22. The lowest BCUT2D eigenvalue weighted by molar-refractivity contribution is -0.119. The first-order valence-electron chi connectivity index (χ1n) is 5.72. The number of hydrogen-bond donors (Lipinski definition) is 1. The first-order valence-corrected chi connectivity index (χ1v) is 5.72. The molecule has 0 saturated heterocycles. The normalized spacial score (nSPS) is 9.76.